The molecule has 6 heteroatoms. The van der Waals surface area contributed by atoms with Crippen molar-refractivity contribution in [3.05, 3.63) is 11.8 Å². The Morgan fingerprint density at radius 2 is 2.38 bits per heavy atom. The standard InChI is InChI=1S/C10H15NO5/c1-10(6-15-2,9(13)14)11-8(12)7-3-4-16-5-7/h5H,3-4,6H2,1-2H3,(H,11,12)(H,13,14). The van der Waals surface area contributed by atoms with Gasteiger partial charge in [-0.25, -0.2) is 4.79 Å². The first kappa shape index (κ1) is 12.5. The van der Waals surface area contributed by atoms with Crippen LogP contribution in [-0.4, -0.2) is 42.8 Å². The molecule has 0 aromatic carbocycles. The van der Waals surface area contributed by atoms with Crippen LogP contribution in [0.15, 0.2) is 11.8 Å². The van der Waals surface area contributed by atoms with Crippen LogP contribution in [0.5, 0.6) is 0 Å². The highest BCUT2D eigenvalue weighted by Gasteiger charge is 2.36. The number of carbonyl (C=O) groups is 2. The van der Waals surface area contributed by atoms with Gasteiger partial charge >= 0.3 is 5.97 Å². The van der Waals surface area contributed by atoms with Crippen LogP contribution in [-0.2, 0) is 19.1 Å². The summed E-state index contributed by atoms with van der Waals surface area (Å²) in [6.07, 6.45) is 1.85. The van der Waals surface area contributed by atoms with Crippen molar-refractivity contribution in [2.45, 2.75) is 18.9 Å². The fourth-order valence-electron chi connectivity index (χ4n) is 1.33. The van der Waals surface area contributed by atoms with Crippen LogP contribution < -0.4 is 5.32 Å². The lowest BCUT2D eigenvalue weighted by atomic mass is 10.0. The topological polar surface area (TPSA) is 84.9 Å². The molecule has 1 aliphatic heterocycles. The molecule has 0 aliphatic carbocycles. The summed E-state index contributed by atoms with van der Waals surface area (Å²) in [5.41, 5.74) is -0.974. The third kappa shape index (κ3) is 2.73. The van der Waals surface area contributed by atoms with Crippen molar-refractivity contribution >= 4 is 11.9 Å². The van der Waals surface area contributed by atoms with Crippen molar-refractivity contribution in [2.75, 3.05) is 20.3 Å². The Hall–Kier alpha value is -1.56. The molecule has 1 aliphatic rings. The number of hydrogen-bond donors (Lipinski definition) is 2. The van der Waals surface area contributed by atoms with Crippen molar-refractivity contribution in [3.8, 4) is 0 Å². The van der Waals surface area contributed by atoms with Gasteiger partial charge < -0.3 is 19.9 Å². The van der Waals surface area contributed by atoms with E-state index >= 15 is 0 Å². The summed E-state index contributed by atoms with van der Waals surface area (Å²) in [6, 6.07) is 0. The molecular formula is C10H15NO5. The van der Waals surface area contributed by atoms with Crippen molar-refractivity contribution in [1.82, 2.24) is 5.32 Å². The first-order chi connectivity index (χ1) is 7.49. The Kier molecular flexibility index (Phi) is 3.89. The third-order valence-corrected chi connectivity index (χ3v) is 2.30. The van der Waals surface area contributed by atoms with Gasteiger partial charge in [0, 0.05) is 13.5 Å². The number of methoxy groups -OCH3 is 1. The van der Waals surface area contributed by atoms with E-state index in [-0.39, 0.29) is 6.61 Å². The second kappa shape index (κ2) is 4.98. The lowest BCUT2D eigenvalue weighted by molar-refractivity contribution is -0.148. The number of rotatable bonds is 5. The minimum atomic E-state index is -1.42. The SMILES string of the molecule is COCC(C)(NC(=O)C1=COCC1)C(=O)O. The molecule has 6 nitrogen and oxygen atoms in total. The van der Waals surface area contributed by atoms with Gasteiger partial charge in [0.05, 0.1) is 25.0 Å². The number of hydrogen-bond acceptors (Lipinski definition) is 4. The third-order valence-electron chi connectivity index (χ3n) is 2.30. The van der Waals surface area contributed by atoms with Gasteiger partial charge in [-0.1, -0.05) is 0 Å². The first-order valence-electron chi connectivity index (χ1n) is 4.85. The largest absolute Gasteiger partial charge is 0.500 e. The van der Waals surface area contributed by atoms with Crippen molar-refractivity contribution in [3.63, 3.8) is 0 Å². The van der Waals surface area contributed by atoms with Gasteiger partial charge in [0.1, 0.15) is 0 Å². The summed E-state index contributed by atoms with van der Waals surface area (Å²) in [6.45, 7) is 1.76. The molecule has 1 atom stereocenters. The van der Waals surface area contributed by atoms with E-state index in [1.54, 1.807) is 0 Å². The monoisotopic (exact) mass is 229 g/mol. The fourth-order valence-corrected chi connectivity index (χ4v) is 1.33. The molecule has 0 aromatic rings. The minimum absolute atomic E-state index is 0.0950. The smallest absolute Gasteiger partial charge is 0.331 e. The molecule has 90 valence electrons. The van der Waals surface area contributed by atoms with E-state index in [2.05, 4.69) is 5.32 Å². The summed E-state index contributed by atoms with van der Waals surface area (Å²) in [5, 5.41) is 11.4. The second-order valence-corrected chi connectivity index (χ2v) is 3.79. The van der Waals surface area contributed by atoms with Crippen molar-refractivity contribution in [2.24, 2.45) is 0 Å². The molecule has 1 unspecified atom stereocenters. The summed E-state index contributed by atoms with van der Waals surface area (Å²) in [4.78, 5) is 22.7. The van der Waals surface area contributed by atoms with Crippen LogP contribution in [0.4, 0.5) is 0 Å². The molecule has 0 radical (unpaired) electrons. The average molecular weight is 229 g/mol. The van der Waals surface area contributed by atoms with Gasteiger partial charge in [-0.15, -0.1) is 0 Å². The van der Waals surface area contributed by atoms with E-state index in [9.17, 15) is 9.59 Å². The number of aliphatic carboxylic acids is 1. The Balaban J connectivity index is 2.68. The predicted octanol–water partition coefficient (Wildman–Crippen LogP) is -0.104. The molecule has 0 saturated carbocycles. The molecule has 0 fully saturated rings. The minimum Gasteiger partial charge on any atom is -0.500 e. The average Bonchev–Trinajstić information content (AvgIpc) is 2.70. The van der Waals surface area contributed by atoms with E-state index in [0.29, 0.717) is 18.6 Å². The molecule has 0 aromatic heterocycles. The Bertz CT molecular complexity index is 325. The number of amides is 1. The van der Waals surface area contributed by atoms with E-state index in [1.165, 1.54) is 20.3 Å². The van der Waals surface area contributed by atoms with E-state index in [1.807, 2.05) is 0 Å². The van der Waals surface area contributed by atoms with Crippen LogP contribution >= 0.6 is 0 Å². The molecular weight excluding hydrogens is 214 g/mol. The zero-order valence-corrected chi connectivity index (χ0v) is 9.28. The predicted molar refractivity (Wildman–Crippen MR) is 54.7 cm³/mol. The number of carboxylic acids is 1. The van der Waals surface area contributed by atoms with Gasteiger partial charge in [0.15, 0.2) is 5.54 Å². The molecule has 2 N–H and O–H groups in total. The van der Waals surface area contributed by atoms with E-state index < -0.39 is 17.4 Å². The number of nitrogens with one attached hydrogen (secondary N) is 1. The molecule has 0 saturated heterocycles. The lowest BCUT2D eigenvalue weighted by Crippen LogP contribution is -2.55. The Morgan fingerprint density at radius 3 is 2.81 bits per heavy atom. The highest BCUT2D eigenvalue weighted by Crippen LogP contribution is 2.13. The maximum absolute atomic E-state index is 11.7. The summed E-state index contributed by atoms with van der Waals surface area (Å²) < 4.78 is 9.70. The molecule has 0 bridgehead atoms. The zero-order chi connectivity index (χ0) is 12.2. The lowest BCUT2D eigenvalue weighted by Gasteiger charge is -2.25. The van der Waals surface area contributed by atoms with Gasteiger partial charge in [-0.3, -0.25) is 4.79 Å². The fraction of sp³-hybridized carbons (Fsp3) is 0.600. The number of ether oxygens (including phenoxy) is 2. The Morgan fingerprint density at radius 1 is 1.69 bits per heavy atom. The summed E-state index contributed by atoms with van der Waals surface area (Å²) in [5.74, 6) is -1.57. The van der Waals surface area contributed by atoms with E-state index in [4.69, 9.17) is 14.6 Å². The maximum atomic E-state index is 11.7. The van der Waals surface area contributed by atoms with Crippen LogP contribution in [0, 0.1) is 0 Å². The van der Waals surface area contributed by atoms with Crippen LogP contribution in [0.1, 0.15) is 13.3 Å². The Labute approximate surface area is 93.2 Å². The first-order valence-corrected chi connectivity index (χ1v) is 4.85. The van der Waals surface area contributed by atoms with Crippen LogP contribution in [0.25, 0.3) is 0 Å². The molecule has 0 spiro atoms. The molecule has 1 rings (SSSR count). The van der Waals surface area contributed by atoms with Crippen LogP contribution in [0.3, 0.4) is 0 Å². The van der Waals surface area contributed by atoms with Crippen molar-refractivity contribution in [1.29, 1.82) is 0 Å². The van der Waals surface area contributed by atoms with Gasteiger partial charge in [-0.2, -0.15) is 0 Å². The maximum Gasteiger partial charge on any atom is 0.331 e. The zero-order valence-electron chi connectivity index (χ0n) is 9.28. The number of carboxylic acid groups (broad SMARTS) is 1. The van der Waals surface area contributed by atoms with Gasteiger partial charge in [0.25, 0.3) is 5.91 Å². The van der Waals surface area contributed by atoms with Crippen LogP contribution in [0.2, 0.25) is 0 Å². The van der Waals surface area contributed by atoms with E-state index in [0.717, 1.165) is 0 Å². The second-order valence-electron chi connectivity index (χ2n) is 3.79. The highest BCUT2D eigenvalue weighted by molar-refractivity contribution is 5.97. The summed E-state index contributed by atoms with van der Waals surface area (Å²) >= 11 is 0. The quantitative estimate of drug-likeness (QED) is 0.687. The number of carbonyl (C=O) groups excluding carboxylic acids is 1. The molecule has 16 heavy (non-hydrogen) atoms. The van der Waals surface area contributed by atoms with Crippen molar-refractivity contribution < 1.29 is 24.2 Å². The van der Waals surface area contributed by atoms with Gasteiger partial charge in [0.2, 0.25) is 0 Å². The highest BCUT2D eigenvalue weighted by atomic mass is 16.5. The normalized spacial score (nSPS) is 18.2. The molecule has 1 amide bonds. The summed E-state index contributed by atoms with van der Waals surface area (Å²) in [7, 11) is 1.38. The van der Waals surface area contributed by atoms with Gasteiger partial charge in [-0.05, 0) is 6.92 Å². The molecule has 1 heterocycles.